The molecule has 21 heavy (non-hydrogen) atoms. The highest BCUT2D eigenvalue weighted by Gasteiger charge is 2.27. The summed E-state index contributed by atoms with van der Waals surface area (Å²) in [4.78, 5) is 14.4. The van der Waals surface area contributed by atoms with Crippen LogP contribution in [0.1, 0.15) is 34.6 Å². The molecule has 1 aromatic heterocycles. The molecule has 3 N–H and O–H groups in total. The molecule has 0 radical (unpaired) electrons. The van der Waals surface area contributed by atoms with E-state index in [9.17, 15) is 4.79 Å². The van der Waals surface area contributed by atoms with E-state index in [1.165, 1.54) is 0 Å². The second kappa shape index (κ2) is 7.56. The van der Waals surface area contributed by atoms with Gasteiger partial charge in [-0.05, 0) is 18.5 Å². The van der Waals surface area contributed by atoms with Crippen molar-refractivity contribution in [2.45, 2.75) is 47.2 Å². The van der Waals surface area contributed by atoms with Crippen LogP contribution in [0.4, 0.5) is 5.69 Å². The normalized spacial score (nSPS) is 13.5. The van der Waals surface area contributed by atoms with Crippen molar-refractivity contribution in [2.24, 2.45) is 11.1 Å². The summed E-state index contributed by atoms with van der Waals surface area (Å²) < 4.78 is 1.84. The van der Waals surface area contributed by atoms with E-state index in [0.717, 1.165) is 26.2 Å². The molecular formula is C15H29N5O. The number of aromatic nitrogens is 2. The number of carbonyl (C=O) groups is 1. The Balaban J connectivity index is 2.54. The highest BCUT2D eigenvalue weighted by molar-refractivity contribution is 5.94. The average Bonchev–Trinajstić information content (AvgIpc) is 2.85. The number of anilines is 1. The van der Waals surface area contributed by atoms with E-state index in [2.05, 4.69) is 29.2 Å². The van der Waals surface area contributed by atoms with Gasteiger partial charge in [-0.2, -0.15) is 5.10 Å². The number of nitrogens with two attached hydrogens (primary N) is 1. The SMILES string of the molecule is CCN(CC)CCn1cc(NC(=O)C(N)C(C)(C)C)cn1. The molecule has 0 aliphatic heterocycles. The van der Waals surface area contributed by atoms with Crippen LogP contribution in [0.2, 0.25) is 0 Å². The van der Waals surface area contributed by atoms with Crippen LogP contribution in [0.3, 0.4) is 0 Å². The molecule has 1 amide bonds. The largest absolute Gasteiger partial charge is 0.322 e. The minimum atomic E-state index is -0.545. The molecule has 0 aliphatic rings. The standard InChI is InChI=1S/C15H29N5O/c1-6-19(7-2)8-9-20-11-12(10-17-20)18-14(21)13(16)15(3,4)5/h10-11,13H,6-9,16H2,1-5H3,(H,18,21). The number of carbonyl (C=O) groups excluding carboxylic acids is 1. The molecular weight excluding hydrogens is 266 g/mol. The Hall–Kier alpha value is -1.40. The minimum absolute atomic E-state index is 0.175. The fourth-order valence-corrected chi connectivity index (χ4v) is 1.95. The summed E-state index contributed by atoms with van der Waals surface area (Å²) in [5.41, 5.74) is 6.37. The number of nitrogens with one attached hydrogen (secondary N) is 1. The first-order valence-corrected chi connectivity index (χ1v) is 7.59. The van der Waals surface area contributed by atoms with Crippen molar-refractivity contribution in [1.82, 2.24) is 14.7 Å². The van der Waals surface area contributed by atoms with Gasteiger partial charge in [0.1, 0.15) is 0 Å². The van der Waals surface area contributed by atoms with Gasteiger partial charge in [-0.15, -0.1) is 0 Å². The van der Waals surface area contributed by atoms with Crippen LogP contribution in [0, 0.1) is 5.41 Å². The number of hydrogen-bond acceptors (Lipinski definition) is 4. The van der Waals surface area contributed by atoms with Gasteiger partial charge in [0.2, 0.25) is 5.91 Å². The van der Waals surface area contributed by atoms with Crippen molar-refractivity contribution in [3.63, 3.8) is 0 Å². The molecule has 1 heterocycles. The maximum Gasteiger partial charge on any atom is 0.241 e. The Morgan fingerprint density at radius 3 is 2.57 bits per heavy atom. The average molecular weight is 295 g/mol. The lowest BCUT2D eigenvalue weighted by Gasteiger charge is -2.25. The van der Waals surface area contributed by atoms with Gasteiger partial charge in [-0.1, -0.05) is 34.6 Å². The molecule has 0 bridgehead atoms. The molecule has 1 atom stereocenters. The monoisotopic (exact) mass is 295 g/mol. The lowest BCUT2D eigenvalue weighted by Crippen LogP contribution is -2.45. The van der Waals surface area contributed by atoms with Crippen LogP contribution in [-0.4, -0.2) is 46.3 Å². The second-order valence-electron chi connectivity index (χ2n) is 6.35. The summed E-state index contributed by atoms with van der Waals surface area (Å²) in [6.07, 6.45) is 3.51. The molecule has 0 aliphatic carbocycles. The van der Waals surface area contributed by atoms with Crippen LogP contribution in [0.25, 0.3) is 0 Å². The summed E-state index contributed by atoms with van der Waals surface area (Å²) in [7, 11) is 0. The van der Waals surface area contributed by atoms with Crippen LogP contribution in [-0.2, 0) is 11.3 Å². The Kier molecular flexibility index (Phi) is 6.36. The van der Waals surface area contributed by atoms with Gasteiger partial charge in [0.15, 0.2) is 0 Å². The number of rotatable bonds is 7. The smallest absolute Gasteiger partial charge is 0.241 e. The van der Waals surface area contributed by atoms with Crippen molar-refractivity contribution in [3.05, 3.63) is 12.4 Å². The molecule has 1 unspecified atom stereocenters. The predicted molar refractivity (Wildman–Crippen MR) is 86.1 cm³/mol. The zero-order chi connectivity index (χ0) is 16.0. The number of hydrogen-bond donors (Lipinski definition) is 2. The Labute approximate surface area is 127 Å². The van der Waals surface area contributed by atoms with Crippen molar-refractivity contribution < 1.29 is 4.79 Å². The summed E-state index contributed by atoms with van der Waals surface area (Å²) in [5, 5.41) is 7.09. The van der Waals surface area contributed by atoms with E-state index in [1.807, 2.05) is 31.6 Å². The fourth-order valence-electron chi connectivity index (χ4n) is 1.95. The van der Waals surface area contributed by atoms with Gasteiger partial charge < -0.3 is 16.0 Å². The number of likely N-dealkylation sites (N-methyl/N-ethyl adjacent to an activating group) is 1. The van der Waals surface area contributed by atoms with Gasteiger partial charge in [-0.3, -0.25) is 9.48 Å². The van der Waals surface area contributed by atoms with Crippen LogP contribution in [0.15, 0.2) is 12.4 Å². The quantitative estimate of drug-likeness (QED) is 0.800. The molecule has 120 valence electrons. The topological polar surface area (TPSA) is 76.2 Å². The molecule has 1 rings (SSSR count). The maximum atomic E-state index is 12.0. The van der Waals surface area contributed by atoms with Gasteiger partial charge in [0, 0.05) is 12.7 Å². The first-order valence-electron chi connectivity index (χ1n) is 7.59. The molecule has 6 nitrogen and oxygen atoms in total. The van der Waals surface area contributed by atoms with E-state index in [-0.39, 0.29) is 11.3 Å². The van der Waals surface area contributed by atoms with Gasteiger partial charge in [0.25, 0.3) is 0 Å². The van der Waals surface area contributed by atoms with E-state index in [1.54, 1.807) is 6.20 Å². The van der Waals surface area contributed by atoms with Crippen LogP contribution in [0.5, 0.6) is 0 Å². The molecule has 0 fully saturated rings. The van der Waals surface area contributed by atoms with E-state index in [4.69, 9.17) is 5.73 Å². The number of amides is 1. The fraction of sp³-hybridized carbons (Fsp3) is 0.733. The van der Waals surface area contributed by atoms with Crippen LogP contribution >= 0.6 is 0 Å². The van der Waals surface area contributed by atoms with Crippen molar-refractivity contribution in [2.75, 3.05) is 25.0 Å². The Morgan fingerprint density at radius 1 is 1.43 bits per heavy atom. The van der Waals surface area contributed by atoms with Gasteiger partial charge in [-0.25, -0.2) is 0 Å². The third-order valence-electron chi connectivity index (χ3n) is 3.66. The lowest BCUT2D eigenvalue weighted by molar-refractivity contribution is -0.119. The van der Waals surface area contributed by atoms with Crippen molar-refractivity contribution in [3.8, 4) is 0 Å². The summed E-state index contributed by atoms with van der Waals surface area (Å²) in [6.45, 7) is 14.0. The first kappa shape index (κ1) is 17.7. The molecule has 1 aromatic rings. The number of nitrogens with zero attached hydrogens (tertiary/aromatic N) is 3. The van der Waals surface area contributed by atoms with Crippen molar-refractivity contribution in [1.29, 1.82) is 0 Å². The summed E-state index contributed by atoms with van der Waals surface area (Å²) >= 11 is 0. The van der Waals surface area contributed by atoms with Crippen molar-refractivity contribution >= 4 is 11.6 Å². The zero-order valence-electron chi connectivity index (χ0n) is 13.9. The van der Waals surface area contributed by atoms with E-state index < -0.39 is 6.04 Å². The molecule has 0 saturated carbocycles. The Bertz CT molecular complexity index is 445. The predicted octanol–water partition coefficient (Wildman–Crippen LogP) is 1.54. The van der Waals surface area contributed by atoms with Gasteiger partial charge in [0.05, 0.1) is 24.5 Å². The van der Waals surface area contributed by atoms with E-state index in [0.29, 0.717) is 5.69 Å². The molecule has 0 spiro atoms. The third-order valence-corrected chi connectivity index (χ3v) is 3.66. The summed E-state index contributed by atoms with van der Waals surface area (Å²) in [5.74, 6) is -0.175. The molecule has 0 aromatic carbocycles. The lowest BCUT2D eigenvalue weighted by atomic mass is 9.87. The van der Waals surface area contributed by atoms with Gasteiger partial charge >= 0.3 is 0 Å². The Morgan fingerprint density at radius 2 is 2.05 bits per heavy atom. The minimum Gasteiger partial charge on any atom is -0.322 e. The maximum absolute atomic E-state index is 12.0. The third kappa shape index (κ3) is 5.47. The first-order chi connectivity index (χ1) is 9.77. The zero-order valence-corrected chi connectivity index (χ0v) is 13.9. The highest BCUT2D eigenvalue weighted by atomic mass is 16.2. The molecule has 0 saturated heterocycles. The highest BCUT2D eigenvalue weighted by Crippen LogP contribution is 2.18. The summed E-state index contributed by atoms with van der Waals surface area (Å²) in [6, 6.07) is -0.545. The second-order valence-corrected chi connectivity index (χ2v) is 6.35. The van der Waals surface area contributed by atoms with E-state index >= 15 is 0 Å². The molecule has 6 heteroatoms. The van der Waals surface area contributed by atoms with Crippen LogP contribution < -0.4 is 11.1 Å².